The van der Waals surface area contributed by atoms with E-state index in [9.17, 15) is 19.1 Å². The first kappa shape index (κ1) is 24.4. The van der Waals surface area contributed by atoms with E-state index in [4.69, 9.17) is 4.74 Å². The molecule has 170 valence electrons. The van der Waals surface area contributed by atoms with Crippen LogP contribution in [0.15, 0.2) is 76.5 Å². The average molecular weight is 482 g/mol. The molecular formula is C25H23NO5S2. The number of nitro groups is 1. The van der Waals surface area contributed by atoms with Crippen LogP contribution in [0.2, 0.25) is 0 Å². The molecule has 33 heavy (non-hydrogen) atoms. The van der Waals surface area contributed by atoms with Crippen molar-refractivity contribution < 1.29 is 18.7 Å². The number of nitrogens with zero attached hydrogens (tertiary/aromatic N) is 1. The molecule has 0 heterocycles. The van der Waals surface area contributed by atoms with Gasteiger partial charge in [-0.05, 0) is 48.9 Å². The second-order valence-corrected chi connectivity index (χ2v) is 9.56. The van der Waals surface area contributed by atoms with Gasteiger partial charge in [-0.25, -0.2) is 0 Å². The number of benzene rings is 3. The zero-order valence-corrected chi connectivity index (χ0v) is 20.1. The molecule has 8 heteroatoms. The standard InChI is InChI=1S/C25H23NO5S2/c1-17-7-6-8-19(24(17)26(28)29)15-23(33(3)30)25(27)21-9-4-5-10-22(21)32-16-18-11-13-20(31-2)14-12-18/h4-15H,16H2,1-3H3/b23-15-. The summed E-state index contributed by atoms with van der Waals surface area (Å²) in [6.07, 6.45) is 2.77. The Balaban J connectivity index is 1.94. The number of thioether (sulfide) groups is 1. The van der Waals surface area contributed by atoms with Crippen molar-refractivity contribution in [3.8, 4) is 5.75 Å². The smallest absolute Gasteiger partial charge is 0.279 e. The molecule has 0 N–H and O–H groups in total. The lowest BCUT2D eigenvalue weighted by molar-refractivity contribution is -0.385. The average Bonchev–Trinajstić information content (AvgIpc) is 2.81. The van der Waals surface area contributed by atoms with E-state index in [-0.39, 0.29) is 16.2 Å². The Morgan fingerprint density at radius 3 is 2.42 bits per heavy atom. The number of Topliss-reactive ketones (excluding diaryl/α,β-unsaturated/α-hetero) is 1. The molecular weight excluding hydrogens is 458 g/mol. The zero-order chi connectivity index (χ0) is 24.0. The first-order valence-corrected chi connectivity index (χ1v) is 12.5. The van der Waals surface area contributed by atoms with E-state index in [1.165, 1.54) is 24.1 Å². The number of methoxy groups -OCH3 is 1. The number of hydrogen-bond acceptors (Lipinski definition) is 6. The van der Waals surface area contributed by atoms with Gasteiger partial charge in [-0.1, -0.05) is 36.4 Å². The molecule has 0 aliphatic rings. The van der Waals surface area contributed by atoms with Crippen LogP contribution in [0.1, 0.15) is 27.0 Å². The Hall–Kier alpha value is -3.23. The Labute approximate surface area is 199 Å². The topological polar surface area (TPSA) is 86.5 Å². The SMILES string of the molecule is COc1ccc(CSc2ccccc2C(=O)/C(=C/c2cccc(C)c2[N+](=O)[O-])S(C)=O)cc1. The molecule has 0 radical (unpaired) electrons. The van der Waals surface area contributed by atoms with Crippen LogP contribution in [0.5, 0.6) is 5.75 Å². The van der Waals surface area contributed by atoms with Crippen LogP contribution in [-0.2, 0) is 16.6 Å². The van der Waals surface area contributed by atoms with Crippen molar-refractivity contribution in [3.05, 3.63) is 104 Å². The summed E-state index contributed by atoms with van der Waals surface area (Å²) in [5, 5.41) is 11.6. The summed E-state index contributed by atoms with van der Waals surface area (Å²) in [6.45, 7) is 1.63. The number of allylic oxidation sites excluding steroid dienone is 1. The number of ketones is 1. The summed E-state index contributed by atoms with van der Waals surface area (Å²) >= 11 is 1.49. The lowest BCUT2D eigenvalue weighted by Gasteiger charge is -2.11. The summed E-state index contributed by atoms with van der Waals surface area (Å²) < 4.78 is 17.7. The third-order valence-electron chi connectivity index (χ3n) is 4.96. The highest BCUT2D eigenvalue weighted by molar-refractivity contribution is 7.98. The molecule has 0 spiro atoms. The number of carbonyl (C=O) groups is 1. The van der Waals surface area contributed by atoms with Crippen LogP contribution >= 0.6 is 11.8 Å². The number of rotatable bonds is 9. The molecule has 1 unspecified atom stereocenters. The quantitative estimate of drug-likeness (QED) is 0.126. The van der Waals surface area contributed by atoms with Gasteiger partial charge in [0.1, 0.15) is 5.75 Å². The van der Waals surface area contributed by atoms with Crippen molar-refractivity contribution in [3.63, 3.8) is 0 Å². The highest BCUT2D eigenvalue weighted by Gasteiger charge is 2.22. The molecule has 3 aromatic rings. The molecule has 0 saturated carbocycles. The van der Waals surface area contributed by atoms with E-state index in [0.29, 0.717) is 16.9 Å². The Morgan fingerprint density at radius 1 is 1.09 bits per heavy atom. The second kappa shape index (κ2) is 11.1. The number of ether oxygens (including phenoxy) is 1. The molecule has 6 nitrogen and oxygen atoms in total. The molecule has 0 bridgehead atoms. The van der Waals surface area contributed by atoms with Gasteiger partial charge in [-0.2, -0.15) is 0 Å². The number of carbonyl (C=O) groups excluding carboxylic acids is 1. The predicted octanol–water partition coefficient (Wildman–Crippen LogP) is 5.81. The van der Waals surface area contributed by atoms with Crippen LogP contribution < -0.4 is 4.74 Å². The lowest BCUT2D eigenvalue weighted by atomic mass is 10.1. The molecule has 0 amide bonds. The Bertz CT molecular complexity index is 1240. The van der Waals surface area contributed by atoms with Crippen molar-refractivity contribution in [1.82, 2.24) is 0 Å². The van der Waals surface area contributed by atoms with Gasteiger partial charge in [0.25, 0.3) is 5.69 Å². The van der Waals surface area contributed by atoms with Crippen molar-refractivity contribution in [2.24, 2.45) is 0 Å². The first-order chi connectivity index (χ1) is 15.8. The van der Waals surface area contributed by atoms with Crippen LogP contribution in [0, 0.1) is 17.0 Å². The summed E-state index contributed by atoms with van der Waals surface area (Å²) in [6, 6.07) is 19.6. The molecule has 3 rings (SSSR count). The van der Waals surface area contributed by atoms with Gasteiger partial charge in [-0.3, -0.25) is 19.1 Å². The molecule has 0 aliphatic carbocycles. The maximum absolute atomic E-state index is 13.4. The van der Waals surface area contributed by atoms with Gasteiger partial charge >= 0.3 is 0 Å². The highest BCUT2D eigenvalue weighted by Crippen LogP contribution is 2.31. The predicted molar refractivity (Wildman–Crippen MR) is 133 cm³/mol. The number of aryl methyl sites for hydroxylation is 1. The largest absolute Gasteiger partial charge is 0.497 e. The van der Waals surface area contributed by atoms with Crippen molar-refractivity contribution in [1.29, 1.82) is 0 Å². The maximum atomic E-state index is 13.4. The van der Waals surface area contributed by atoms with Gasteiger partial charge in [0.05, 0.1) is 33.3 Å². The third kappa shape index (κ3) is 5.97. The monoisotopic (exact) mass is 481 g/mol. The fraction of sp³-hybridized carbons (Fsp3) is 0.160. The van der Waals surface area contributed by atoms with E-state index in [2.05, 4.69) is 0 Å². The summed E-state index contributed by atoms with van der Waals surface area (Å²) in [7, 11) is -0.0378. The molecule has 1 atom stereocenters. The Morgan fingerprint density at radius 2 is 1.79 bits per heavy atom. The van der Waals surface area contributed by atoms with E-state index < -0.39 is 21.5 Å². The molecule has 0 saturated heterocycles. The minimum Gasteiger partial charge on any atom is -0.497 e. The van der Waals surface area contributed by atoms with Crippen molar-refractivity contribution in [2.75, 3.05) is 13.4 Å². The van der Waals surface area contributed by atoms with Crippen LogP contribution in [0.3, 0.4) is 0 Å². The van der Waals surface area contributed by atoms with Crippen molar-refractivity contribution in [2.45, 2.75) is 17.6 Å². The number of nitro benzene ring substituents is 1. The summed E-state index contributed by atoms with van der Waals surface area (Å²) in [5.41, 5.74) is 2.09. The maximum Gasteiger partial charge on any atom is 0.279 e. The normalized spacial score (nSPS) is 12.3. The number of para-hydroxylation sites is 1. The Kier molecular flexibility index (Phi) is 8.19. The molecule has 3 aromatic carbocycles. The number of hydrogen-bond donors (Lipinski definition) is 0. The third-order valence-corrected chi connectivity index (χ3v) is 7.02. The van der Waals surface area contributed by atoms with E-state index in [1.54, 1.807) is 44.4 Å². The lowest BCUT2D eigenvalue weighted by Crippen LogP contribution is -2.09. The van der Waals surface area contributed by atoms with Gasteiger partial charge in [0.2, 0.25) is 5.78 Å². The molecule has 0 aliphatic heterocycles. The van der Waals surface area contributed by atoms with E-state index >= 15 is 0 Å². The fourth-order valence-electron chi connectivity index (χ4n) is 3.26. The van der Waals surface area contributed by atoms with Gasteiger partial charge < -0.3 is 4.74 Å². The minimum absolute atomic E-state index is 0.0150. The highest BCUT2D eigenvalue weighted by atomic mass is 32.2. The fourth-order valence-corrected chi connectivity index (χ4v) is 4.93. The summed E-state index contributed by atoms with van der Waals surface area (Å²) in [4.78, 5) is 25.2. The van der Waals surface area contributed by atoms with Gasteiger partial charge in [0.15, 0.2) is 0 Å². The molecule has 0 aromatic heterocycles. The first-order valence-electron chi connectivity index (χ1n) is 10.0. The van der Waals surface area contributed by atoms with Gasteiger partial charge in [0, 0.05) is 28.0 Å². The zero-order valence-electron chi connectivity index (χ0n) is 18.4. The van der Waals surface area contributed by atoms with Gasteiger partial charge in [-0.15, -0.1) is 11.8 Å². The van der Waals surface area contributed by atoms with E-state index in [0.717, 1.165) is 16.2 Å². The van der Waals surface area contributed by atoms with Crippen molar-refractivity contribution >= 4 is 40.1 Å². The molecule has 0 fully saturated rings. The van der Waals surface area contributed by atoms with Crippen LogP contribution in [0.25, 0.3) is 6.08 Å². The second-order valence-electron chi connectivity index (χ2n) is 7.19. The summed E-state index contributed by atoms with van der Waals surface area (Å²) in [5.74, 6) is 0.987. The minimum atomic E-state index is -1.65. The van der Waals surface area contributed by atoms with Crippen LogP contribution in [0.4, 0.5) is 5.69 Å². The van der Waals surface area contributed by atoms with Crippen LogP contribution in [-0.4, -0.2) is 28.3 Å². The van der Waals surface area contributed by atoms with E-state index in [1.807, 2.05) is 36.4 Å².